The molecule has 0 aromatic heterocycles. The van der Waals surface area contributed by atoms with Crippen molar-refractivity contribution in [2.24, 2.45) is 5.92 Å². The fourth-order valence-corrected chi connectivity index (χ4v) is 4.60. The number of benzene rings is 2. The van der Waals surface area contributed by atoms with Crippen LogP contribution in [-0.2, 0) is 9.53 Å². The summed E-state index contributed by atoms with van der Waals surface area (Å²) in [5, 5.41) is 0. The van der Waals surface area contributed by atoms with Gasteiger partial charge in [-0.05, 0) is 42.5 Å². The van der Waals surface area contributed by atoms with Gasteiger partial charge in [0, 0.05) is 43.2 Å². The quantitative estimate of drug-likeness (QED) is 0.667. The van der Waals surface area contributed by atoms with Gasteiger partial charge in [0.1, 0.15) is 17.2 Å². The highest BCUT2D eigenvalue weighted by Crippen LogP contribution is 2.40. The number of nitrogens with zero attached hydrogens (tertiary/aromatic N) is 2. The Hall–Kier alpha value is -3.26. The first-order valence-electron chi connectivity index (χ1n) is 11.1. The zero-order valence-corrected chi connectivity index (χ0v) is 19.3. The van der Waals surface area contributed by atoms with E-state index >= 15 is 0 Å². The molecule has 2 saturated heterocycles. The molecular formula is C25H30N2O6. The van der Waals surface area contributed by atoms with Gasteiger partial charge in [-0.25, -0.2) is 0 Å². The van der Waals surface area contributed by atoms with Crippen LogP contribution in [0.2, 0.25) is 0 Å². The number of hydrogen-bond acceptors (Lipinski definition) is 6. The topological polar surface area (TPSA) is 77.5 Å². The SMILES string of the molecule is COc1ccc(C(=O)N2C[C@H](c3cc(OC)ccc3OC)[C@H](C(=O)N3CCOCC3)C2)cc1. The maximum absolute atomic E-state index is 13.6. The zero-order chi connectivity index (χ0) is 23.4. The number of likely N-dealkylation sites (tertiary alicyclic amines) is 1. The van der Waals surface area contributed by atoms with Gasteiger partial charge in [0.25, 0.3) is 5.91 Å². The molecule has 0 spiro atoms. The van der Waals surface area contributed by atoms with Crippen molar-refractivity contribution in [1.82, 2.24) is 9.80 Å². The number of hydrogen-bond donors (Lipinski definition) is 0. The molecule has 4 rings (SSSR count). The number of morpholine rings is 1. The van der Waals surface area contributed by atoms with E-state index in [2.05, 4.69) is 0 Å². The Kier molecular flexibility index (Phi) is 7.03. The predicted octanol–water partition coefficient (Wildman–Crippen LogP) is 2.43. The van der Waals surface area contributed by atoms with Crippen molar-refractivity contribution in [2.75, 3.05) is 60.7 Å². The van der Waals surface area contributed by atoms with Crippen LogP contribution in [0, 0.1) is 5.92 Å². The minimum absolute atomic E-state index is 0.0400. The number of rotatable bonds is 6. The van der Waals surface area contributed by atoms with E-state index in [4.69, 9.17) is 18.9 Å². The second-order valence-corrected chi connectivity index (χ2v) is 8.20. The van der Waals surface area contributed by atoms with Crippen molar-refractivity contribution < 1.29 is 28.5 Å². The number of methoxy groups -OCH3 is 3. The Bertz CT molecular complexity index is 987. The van der Waals surface area contributed by atoms with Gasteiger partial charge in [-0.1, -0.05) is 0 Å². The second-order valence-electron chi connectivity index (χ2n) is 8.20. The minimum Gasteiger partial charge on any atom is -0.497 e. The Labute approximate surface area is 194 Å². The smallest absolute Gasteiger partial charge is 0.253 e. The first-order valence-corrected chi connectivity index (χ1v) is 11.1. The molecule has 2 aliphatic rings. The first-order chi connectivity index (χ1) is 16.0. The number of ether oxygens (including phenoxy) is 4. The molecule has 0 radical (unpaired) electrons. The van der Waals surface area contributed by atoms with E-state index in [1.54, 1.807) is 50.5 Å². The third-order valence-electron chi connectivity index (χ3n) is 6.42. The van der Waals surface area contributed by atoms with Gasteiger partial charge in [-0.3, -0.25) is 9.59 Å². The average Bonchev–Trinajstić information content (AvgIpc) is 3.33. The lowest BCUT2D eigenvalue weighted by Crippen LogP contribution is -2.45. The first kappa shape index (κ1) is 22.9. The van der Waals surface area contributed by atoms with E-state index in [0.717, 1.165) is 5.56 Å². The summed E-state index contributed by atoms with van der Waals surface area (Å²) < 4.78 is 21.7. The van der Waals surface area contributed by atoms with E-state index in [-0.39, 0.29) is 23.7 Å². The third kappa shape index (κ3) is 4.75. The second kappa shape index (κ2) is 10.1. The zero-order valence-electron chi connectivity index (χ0n) is 19.3. The van der Waals surface area contributed by atoms with Crippen LogP contribution in [0.1, 0.15) is 21.8 Å². The van der Waals surface area contributed by atoms with E-state index in [9.17, 15) is 9.59 Å². The highest BCUT2D eigenvalue weighted by Gasteiger charge is 2.43. The van der Waals surface area contributed by atoms with Crippen LogP contribution in [0.5, 0.6) is 17.2 Å². The largest absolute Gasteiger partial charge is 0.497 e. The van der Waals surface area contributed by atoms with E-state index in [1.165, 1.54) is 0 Å². The summed E-state index contributed by atoms with van der Waals surface area (Å²) in [5.41, 5.74) is 1.43. The van der Waals surface area contributed by atoms with Crippen molar-refractivity contribution in [3.05, 3.63) is 53.6 Å². The van der Waals surface area contributed by atoms with Crippen molar-refractivity contribution in [3.8, 4) is 17.2 Å². The number of amides is 2. The lowest BCUT2D eigenvalue weighted by Gasteiger charge is -2.31. The summed E-state index contributed by atoms with van der Waals surface area (Å²) in [6.45, 7) is 2.93. The van der Waals surface area contributed by atoms with Crippen molar-refractivity contribution in [3.63, 3.8) is 0 Å². The molecule has 0 aliphatic carbocycles. The maximum Gasteiger partial charge on any atom is 0.253 e. The molecule has 2 heterocycles. The highest BCUT2D eigenvalue weighted by atomic mass is 16.5. The molecule has 0 N–H and O–H groups in total. The Morgan fingerprint density at radius 2 is 1.52 bits per heavy atom. The van der Waals surface area contributed by atoms with Crippen molar-refractivity contribution >= 4 is 11.8 Å². The Morgan fingerprint density at radius 1 is 0.848 bits per heavy atom. The maximum atomic E-state index is 13.6. The number of carbonyl (C=O) groups excluding carboxylic acids is 2. The third-order valence-corrected chi connectivity index (χ3v) is 6.42. The molecule has 2 atom stereocenters. The minimum atomic E-state index is -0.383. The predicted molar refractivity (Wildman–Crippen MR) is 122 cm³/mol. The molecule has 2 fully saturated rings. The van der Waals surface area contributed by atoms with Crippen LogP contribution in [-0.4, -0.2) is 82.3 Å². The Balaban J connectivity index is 1.66. The summed E-state index contributed by atoms with van der Waals surface area (Å²) in [6.07, 6.45) is 0. The van der Waals surface area contributed by atoms with Gasteiger partial charge in [0.2, 0.25) is 5.91 Å². The standard InChI is InChI=1S/C25H30N2O6/c1-30-18-6-4-17(5-7-18)24(28)27-15-21(20-14-19(31-2)8-9-23(20)32-3)22(16-27)25(29)26-10-12-33-13-11-26/h4-9,14,21-22H,10-13,15-16H2,1-3H3/t21-,22-/m1/s1. The molecule has 2 aliphatic heterocycles. The summed E-state index contributed by atoms with van der Waals surface area (Å²) in [4.78, 5) is 30.5. The molecule has 8 heteroatoms. The van der Waals surface area contributed by atoms with Gasteiger partial charge in [0.05, 0.1) is 40.5 Å². The fraction of sp³-hybridized carbons (Fsp3) is 0.440. The van der Waals surface area contributed by atoms with Gasteiger partial charge in [0.15, 0.2) is 0 Å². The van der Waals surface area contributed by atoms with Crippen LogP contribution in [0.15, 0.2) is 42.5 Å². The molecule has 176 valence electrons. The van der Waals surface area contributed by atoms with Gasteiger partial charge in [-0.15, -0.1) is 0 Å². The molecule has 2 aromatic carbocycles. The van der Waals surface area contributed by atoms with Crippen LogP contribution >= 0.6 is 0 Å². The van der Waals surface area contributed by atoms with Gasteiger partial charge in [-0.2, -0.15) is 0 Å². The summed E-state index contributed by atoms with van der Waals surface area (Å²) >= 11 is 0. The lowest BCUT2D eigenvalue weighted by atomic mass is 9.87. The van der Waals surface area contributed by atoms with E-state index in [0.29, 0.717) is 62.2 Å². The summed E-state index contributed by atoms with van der Waals surface area (Å²) in [5.74, 6) is 1.38. The van der Waals surface area contributed by atoms with Gasteiger partial charge < -0.3 is 28.7 Å². The van der Waals surface area contributed by atoms with Crippen LogP contribution in [0.3, 0.4) is 0 Å². The van der Waals surface area contributed by atoms with Gasteiger partial charge >= 0.3 is 0 Å². The highest BCUT2D eigenvalue weighted by molar-refractivity contribution is 5.95. The lowest BCUT2D eigenvalue weighted by molar-refractivity contribution is -0.139. The fourth-order valence-electron chi connectivity index (χ4n) is 4.60. The van der Waals surface area contributed by atoms with Crippen LogP contribution < -0.4 is 14.2 Å². The van der Waals surface area contributed by atoms with Crippen LogP contribution in [0.4, 0.5) is 0 Å². The van der Waals surface area contributed by atoms with Crippen molar-refractivity contribution in [2.45, 2.75) is 5.92 Å². The molecule has 33 heavy (non-hydrogen) atoms. The monoisotopic (exact) mass is 454 g/mol. The summed E-state index contributed by atoms with van der Waals surface area (Å²) in [7, 11) is 4.81. The Morgan fingerprint density at radius 3 is 2.15 bits per heavy atom. The molecule has 0 saturated carbocycles. The molecule has 2 aromatic rings. The summed E-state index contributed by atoms with van der Waals surface area (Å²) in [6, 6.07) is 12.6. The van der Waals surface area contributed by atoms with Crippen molar-refractivity contribution in [1.29, 1.82) is 0 Å². The van der Waals surface area contributed by atoms with Crippen LogP contribution in [0.25, 0.3) is 0 Å². The molecule has 0 bridgehead atoms. The number of carbonyl (C=O) groups is 2. The molecule has 2 amide bonds. The van der Waals surface area contributed by atoms with E-state index in [1.807, 2.05) is 23.1 Å². The normalized spacial score (nSPS) is 20.5. The average molecular weight is 455 g/mol. The molecule has 0 unspecified atom stereocenters. The molecular weight excluding hydrogens is 424 g/mol. The van der Waals surface area contributed by atoms with E-state index < -0.39 is 0 Å². The molecule has 8 nitrogen and oxygen atoms in total.